The molecule has 0 spiro atoms. The van der Waals surface area contributed by atoms with Crippen LogP contribution in [-0.4, -0.2) is 20.9 Å². The molecule has 0 saturated heterocycles. The van der Waals surface area contributed by atoms with Crippen molar-refractivity contribution in [3.8, 4) is 5.69 Å². The smallest absolute Gasteiger partial charge is 0.271 e. The Morgan fingerprint density at radius 1 is 1.10 bits per heavy atom. The molecule has 1 aromatic heterocycles. The Bertz CT molecular complexity index is 1080. The van der Waals surface area contributed by atoms with Gasteiger partial charge in [0.1, 0.15) is 10.8 Å². The van der Waals surface area contributed by atoms with Gasteiger partial charge in [0.15, 0.2) is 0 Å². The first-order valence-electron chi connectivity index (χ1n) is 9.20. The van der Waals surface area contributed by atoms with Gasteiger partial charge in [-0.25, -0.2) is 4.39 Å². The van der Waals surface area contributed by atoms with E-state index < -0.39 is 5.25 Å². The largest absolute Gasteiger partial charge is 0.351 e. The van der Waals surface area contributed by atoms with Gasteiger partial charge >= 0.3 is 0 Å². The van der Waals surface area contributed by atoms with Crippen molar-refractivity contribution in [3.63, 3.8) is 0 Å². The Kier molecular flexibility index (Phi) is 6.49. The maximum Gasteiger partial charge on any atom is 0.271 e. The molecule has 2 aromatic carbocycles. The quantitative estimate of drug-likeness (QED) is 0.627. The van der Waals surface area contributed by atoms with Crippen molar-refractivity contribution in [1.82, 2.24) is 15.1 Å². The third-order valence-electron chi connectivity index (χ3n) is 4.56. The summed E-state index contributed by atoms with van der Waals surface area (Å²) in [5, 5.41) is 7.41. The zero-order valence-corrected chi connectivity index (χ0v) is 17.3. The second kappa shape index (κ2) is 9.05. The first kappa shape index (κ1) is 20.8. The van der Waals surface area contributed by atoms with Crippen LogP contribution in [0.15, 0.2) is 64.4 Å². The molecule has 7 heteroatoms. The molecular weight excluding hydrogens is 389 g/mol. The maximum atomic E-state index is 13.0. The van der Waals surface area contributed by atoms with Crippen molar-refractivity contribution >= 4 is 17.7 Å². The molecule has 0 aliphatic rings. The van der Waals surface area contributed by atoms with Gasteiger partial charge in [-0.3, -0.25) is 9.59 Å². The van der Waals surface area contributed by atoms with Crippen LogP contribution in [0.4, 0.5) is 4.39 Å². The van der Waals surface area contributed by atoms with Crippen LogP contribution in [-0.2, 0) is 11.3 Å². The molecule has 0 aliphatic heterocycles. The number of aromatic nitrogens is 2. The van der Waals surface area contributed by atoms with Gasteiger partial charge in [-0.05, 0) is 67.8 Å². The highest BCUT2D eigenvalue weighted by Crippen LogP contribution is 2.21. The number of rotatable bonds is 6. The fourth-order valence-corrected chi connectivity index (χ4v) is 3.50. The first-order chi connectivity index (χ1) is 13.8. The molecule has 0 unspecified atom stereocenters. The molecule has 3 aromatic rings. The number of nitrogens with one attached hydrogen (secondary N) is 1. The summed E-state index contributed by atoms with van der Waals surface area (Å²) in [5.41, 5.74) is 3.49. The van der Waals surface area contributed by atoms with Gasteiger partial charge in [-0.2, -0.15) is 9.78 Å². The van der Waals surface area contributed by atoms with Crippen LogP contribution in [0.1, 0.15) is 23.6 Å². The lowest BCUT2D eigenvalue weighted by atomic mass is 10.1. The molecule has 0 radical (unpaired) electrons. The molecule has 0 aliphatic carbocycles. The number of nitrogens with zero attached hydrogens (tertiary/aromatic N) is 2. The predicted molar refractivity (Wildman–Crippen MR) is 113 cm³/mol. The lowest BCUT2D eigenvalue weighted by molar-refractivity contribution is -0.120. The summed E-state index contributed by atoms with van der Waals surface area (Å²) in [6.07, 6.45) is 0. The number of aryl methyl sites for hydroxylation is 2. The number of carbonyl (C=O) groups excluding carboxylic acids is 1. The SMILES string of the molecule is Cc1ccc(-n2nc(S[C@@H](C)C(=O)NCc3ccc(F)cc3)ccc2=O)cc1C. The number of benzene rings is 2. The molecule has 1 atom stereocenters. The van der Waals surface area contributed by atoms with E-state index in [0.29, 0.717) is 17.3 Å². The zero-order valence-electron chi connectivity index (χ0n) is 16.5. The third kappa shape index (κ3) is 5.32. The second-order valence-corrected chi connectivity index (χ2v) is 8.16. The van der Waals surface area contributed by atoms with Crippen molar-refractivity contribution in [2.45, 2.75) is 37.6 Å². The van der Waals surface area contributed by atoms with Crippen molar-refractivity contribution in [2.75, 3.05) is 0 Å². The van der Waals surface area contributed by atoms with E-state index in [0.717, 1.165) is 16.7 Å². The van der Waals surface area contributed by atoms with Gasteiger partial charge in [0.25, 0.3) is 5.56 Å². The van der Waals surface area contributed by atoms with Gasteiger partial charge in [0.05, 0.1) is 10.9 Å². The molecule has 1 heterocycles. The van der Waals surface area contributed by atoms with Gasteiger partial charge in [-0.15, -0.1) is 0 Å². The number of halogens is 1. The van der Waals surface area contributed by atoms with Crippen LogP contribution in [0.2, 0.25) is 0 Å². The molecule has 1 N–H and O–H groups in total. The fraction of sp³-hybridized carbons (Fsp3) is 0.227. The topological polar surface area (TPSA) is 64.0 Å². The number of hydrogen-bond donors (Lipinski definition) is 1. The average molecular weight is 412 g/mol. The van der Waals surface area contributed by atoms with E-state index in [1.165, 1.54) is 34.6 Å². The van der Waals surface area contributed by atoms with Crippen molar-refractivity contribution in [1.29, 1.82) is 0 Å². The van der Waals surface area contributed by atoms with E-state index in [9.17, 15) is 14.0 Å². The van der Waals surface area contributed by atoms with Gasteiger partial charge in [0, 0.05) is 12.6 Å². The van der Waals surface area contributed by atoms with E-state index >= 15 is 0 Å². The summed E-state index contributed by atoms with van der Waals surface area (Å²) < 4.78 is 14.3. The van der Waals surface area contributed by atoms with Gasteiger partial charge in [0.2, 0.25) is 5.91 Å². The zero-order chi connectivity index (χ0) is 21.0. The van der Waals surface area contributed by atoms with Gasteiger partial charge in [-0.1, -0.05) is 30.0 Å². The molecule has 0 fully saturated rings. The van der Waals surface area contributed by atoms with Gasteiger partial charge < -0.3 is 5.32 Å². The minimum absolute atomic E-state index is 0.162. The predicted octanol–water partition coefficient (Wildman–Crippen LogP) is 3.79. The Morgan fingerprint density at radius 2 is 1.83 bits per heavy atom. The highest BCUT2D eigenvalue weighted by Gasteiger charge is 2.16. The lowest BCUT2D eigenvalue weighted by Crippen LogP contribution is -2.30. The van der Waals surface area contributed by atoms with Crippen LogP contribution in [0.3, 0.4) is 0 Å². The van der Waals surface area contributed by atoms with Crippen molar-refractivity contribution in [3.05, 3.63) is 87.5 Å². The fourth-order valence-electron chi connectivity index (χ4n) is 2.67. The number of hydrogen-bond acceptors (Lipinski definition) is 4. The van der Waals surface area contributed by atoms with E-state index in [2.05, 4.69) is 10.4 Å². The lowest BCUT2D eigenvalue weighted by Gasteiger charge is -2.13. The number of carbonyl (C=O) groups is 1. The summed E-state index contributed by atoms with van der Waals surface area (Å²) in [6.45, 7) is 6.08. The first-order valence-corrected chi connectivity index (χ1v) is 10.1. The second-order valence-electron chi connectivity index (χ2n) is 6.79. The normalized spacial score (nSPS) is 11.9. The highest BCUT2D eigenvalue weighted by atomic mass is 32.2. The minimum Gasteiger partial charge on any atom is -0.351 e. The van der Waals surface area contributed by atoms with E-state index in [1.54, 1.807) is 25.1 Å². The average Bonchev–Trinajstić information content (AvgIpc) is 2.71. The molecule has 0 saturated carbocycles. The Labute approximate surface area is 173 Å². The van der Waals surface area contributed by atoms with Crippen LogP contribution >= 0.6 is 11.8 Å². The van der Waals surface area contributed by atoms with Crippen molar-refractivity contribution < 1.29 is 9.18 Å². The van der Waals surface area contributed by atoms with Crippen LogP contribution in [0.5, 0.6) is 0 Å². The Hall–Kier alpha value is -2.93. The Balaban J connectivity index is 1.69. The highest BCUT2D eigenvalue weighted by molar-refractivity contribution is 8.00. The maximum absolute atomic E-state index is 13.0. The minimum atomic E-state index is -0.409. The third-order valence-corrected chi connectivity index (χ3v) is 5.58. The van der Waals surface area contributed by atoms with Crippen molar-refractivity contribution in [2.24, 2.45) is 0 Å². The number of thioether (sulfide) groups is 1. The molecule has 0 bridgehead atoms. The molecule has 1 amide bonds. The molecule has 3 rings (SSSR count). The summed E-state index contributed by atoms with van der Waals surface area (Å²) in [4.78, 5) is 24.6. The Morgan fingerprint density at radius 3 is 2.52 bits per heavy atom. The van der Waals surface area contributed by atoms with E-state index in [-0.39, 0.29) is 17.3 Å². The summed E-state index contributed by atoms with van der Waals surface area (Å²) in [5.74, 6) is -0.473. The summed E-state index contributed by atoms with van der Waals surface area (Å²) >= 11 is 1.27. The summed E-state index contributed by atoms with van der Waals surface area (Å²) in [6, 6.07) is 14.8. The molecule has 5 nitrogen and oxygen atoms in total. The molecular formula is C22H22FN3O2S. The van der Waals surface area contributed by atoms with Crippen LogP contribution < -0.4 is 10.9 Å². The van der Waals surface area contributed by atoms with Crippen LogP contribution in [0.25, 0.3) is 5.69 Å². The standard InChI is InChI=1S/C22H22FN3O2S/c1-14-4-9-19(12-15(14)2)26-21(27)11-10-20(25-26)29-16(3)22(28)24-13-17-5-7-18(23)8-6-17/h4-12,16H,13H2,1-3H3,(H,24,28)/t16-/m0/s1. The summed E-state index contributed by atoms with van der Waals surface area (Å²) in [7, 11) is 0. The van der Waals surface area contributed by atoms with Crippen LogP contribution in [0, 0.1) is 19.7 Å². The number of amides is 1. The molecule has 150 valence electrons. The van der Waals surface area contributed by atoms with E-state index in [4.69, 9.17) is 0 Å². The van der Waals surface area contributed by atoms with E-state index in [1.807, 2.05) is 32.0 Å². The molecule has 29 heavy (non-hydrogen) atoms. The monoisotopic (exact) mass is 411 g/mol.